The summed E-state index contributed by atoms with van der Waals surface area (Å²) in [6.07, 6.45) is 3.63. The number of nitrogens with one attached hydrogen (secondary N) is 1. The van der Waals surface area contributed by atoms with Gasteiger partial charge in [0.1, 0.15) is 0 Å². The van der Waals surface area contributed by atoms with Gasteiger partial charge in [-0.05, 0) is 49.4 Å². The fourth-order valence-electron chi connectivity index (χ4n) is 2.69. The average Bonchev–Trinajstić information content (AvgIpc) is 2.76. The lowest BCUT2D eigenvalue weighted by Gasteiger charge is -2.06. The van der Waals surface area contributed by atoms with Crippen molar-refractivity contribution in [3.63, 3.8) is 0 Å². The van der Waals surface area contributed by atoms with Gasteiger partial charge in [0.05, 0.1) is 5.69 Å². The van der Waals surface area contributed by atoms with E-state index in [1.165, 1.54) is 24.2 Å². The molecule has 0 aromatic carbocycles. The fourth-order valence-corrected chi connectivity index (χ4v) is 2.69. The Morgan fingerprint density at radius 2 is 2.27 bits per heavy atom. The number of aromatic nitrogens is 1. The second-order valence-corrected chi connectivity index (χ2v) is 4.64. The Kier molecular flexibility index (Phi) is 2.10. The van der Waals surface area contributed by atoms with E-state index >= 15 is 0 Å². The Morgan fingerprint density at radius 3 is 3.07 bits per heavy atom. The zero-order valence-electron chi connectivity index (χ0n) is 9.03. The standard InChI is InChI=1S/C13H16N2/c1-9-3-2-4-13(15-9)10-5-11-7-14-8-12(11)6-10/h2-5,11-12,14H,6-8H2,1H3/t11-,12+/m1/s1. The molecule has 0 radical (unpaired) electrons. The maximum atomic E-state index is 4.59. The van der Waals surface area contributed by atoms with Crippen LogP contribution in [0, 0.1) is 18.8 Å². The van der Waals surface area contributed by atoms with E-state index in [9.17, 15) is 0 Å². The first-order valence-electron chi connectivity index (χ1n) is 5.68. The summed E-state index contributed by atoms with van der Waals surface area (Å²) in [7, 11) is 0. The van der Waals surface area contributed by atoms with E-state index in [1.807, 2.05) is 0 Å². The van der Waals surface area contributed by atoms with Gasteiger partial charge >= 0.3 is 0 Å². The third kappa shape index (κ3) is 1.59. The van der Waals surface area contributed by atoms with Crippen LogP contribution in [0.3, 0.4) is 0 Å². The summed E-state index contributed by atoms with van der Waals surface area (Å²) < 4.78 is 0. The highest BCUT2D eigenvalue weighted by Gasteiger charge is 2.32. The summed E-state index contributed by atoms with van der Waals surface area (Å²) in [4.78, 5) is 4.59. The Morgan fingerprint density at radius 1 is 1.33 bits per heavy atom. The molecule has 1 aromatic heterocycles. The molecule has 0 bridgehead atoms. The smallest absolute Gasteiger partial charge is 0.0661 e. The minimum atomic E-state index is 0.752. The van der Waals surface area contributed by atoms with Crippen molar-refractivity contribution in [2.45, 2.75) is 13.3 Å². The quantitative estimate of drug-likeness (QED) is 0.750. The molecule has 1 fully saturated rings. The molecular weight excluding hydrogens is 184 g/mol. The van der Waals surface area contributed by atoms with E-state index in [-0.39, 0.29) is 0 Å². The van der Waals surface area contributed by atoms with Crippen LogP contribution in [0.15, 0.2) is 24.3 Å². The fraction of sp³-hybridized carbons (Fsp3) is 0.462. The number of allylic oxidation sites excluding steroid dienone is 1. The van der Waals surface area contributed by atoms with E-state index in [1.54, 1.807) is 0 Å². The minimum Gasteiger partial charge on any atom is -0.316 e. The summed E-state index contributed by atoms with van der Waals surface area (Å²) in [6.45, 7) is 4.39. The van der Waals surface area contributed by atoms with Crippen LogP contribution >= 0.6 is 0 Å². The Labute approximate surface area is 90.4 Å². The van der Waals surface area contributed by atoms with Gasteiger partial charge < -0.3 is 5.32 Å². The lowest BCUT2D eigenvalue weighted by Crippen LogP contribution is -2.09. The molecule has 15 heavy (non-hydrogen) atoms. The van der Waals surface area contributed by atoms with Crippen LogP contribution in [-0.4, -0.2) is 18.1 Å². The monoisotopic (exact) mass is 200 g/mol. The van der Waals surface area contributed by atoms with Gasteiger partial charge in [-0.2, -0.15) is 0 Å². The summed E-state index contributed by atoms with van der Waals surface area (Å²) in [5.41, 5.74) is 3.75. The molecule has 0 spiro atoms. The molecule has 1 aliphatic carbocycles. The molecule has 2 heteroatoms. The zero-order chi connectivity index (χ0) is 10.3. The number of hydrogen-bond acceptors (Lipinski definition) is 2. The van der Waals surface area contributed by atoms with Gasteiger partial charge in [0, 0.05) is 12.2 Å². The molecule has 78 valence electrons. The highest BCUT2D eigenvalue weighted by Crippen LogP contribution is 2.37. The van der Waals surface area contributed by atoms with Crippen LogP contribution in [0.1, 0.15) is 17.8 Å². The van der Waals surface area contributed by atoms with E-state index < -0.39 is 0 Å². The second-order valence-electron chi connectivity index (χ2n) is 4.64. The number of rotatable bonds is 1. The van der Waals surface area contributed by atoms with Crippen molar-refractivity contribution in [1.82, 2.24) is 10.3 Å². The Balaban J connectivity index is 1.90. The molecule has 2 heterocycles. The SMILES string of the molecule is Cc1cccc(C2=C[C@@H]3CNC[C@@H]3C2)n1. The second kappa shape index (κ2) is 3.46. The van der Waals surface area contributed by atoms with Crippen LogP contribution in [0.5, 0.6) is 0 Å². The number of pyridine rings is 1. The lowest BCUT2D eigenvalue weighted by atomic mass is 9.99. The van der Waals surface area contributed by atoms with Crippen LogP contribution < -0.4 is 5.32 Å². The maximum absolute atomic E-state index is 4.59. The van der Waals surface area contributed by atoms with Crippen molar-refractivity contribution in [2.75, 3.05) is 13.1 Å². The molecule has 0 amide bonds. The van der Waals surface area contributed by atoms with E-state index in [0.29, 0.717) is 0 Å². The van der Waals surface area contributed by atoms with Crippen LogP contribution in [0.2, 0.25) is 0 Å². The van der Waals surface area contributed by atoms with Gasteiger partial charge in [-0.15, -0.1) is 0 Å². The van der Waals surface area contributed by atoms with Crippen molar-refractivity contribution in [2.24, 2.45) is 11.8 Å². The number of aryl methyl sites for hydroxylation is 1. The predicted octanol–water partition coefficient (Wildman–Crippen LogP) is 2.01. The molecule has 3 rings (SSSR count). The first kappa shape index (κ1) is 9.10. The number of hydrogen-bond donors (Lipinski definition) is 1. The molecular formula is C13H16N2. The molecule has 2 nitrogen and oxygen atoms in total. The molecule has 2 aliphatic rings. The lowest BCUT2D eigenvalue weighted by molar-refractivity contribution is 0.536. The van der Waals surface area contributed by atoms with Crippen molar-refractivity contribution in [3.8, 4) is 0 Å². The topological polar surface area (TPSA) is 24.9 Å². The van der Waals surface area contributed by atoms with Gasteiger partial charge in [-0.25, -0.2) is 0 Å². The van der Waals surface area contributed by atoms with Gasteiger partial charge in [0.2, 0.25) is 0 Å². The van der Waals surface area contributed by atoms with Crippen molar-refractivity contribution >= 4 is 5.57 Å². The Hall–Kier alpha value is -1.15. The molecule has 2 atom stereocenters. The van der Waals surface area contributed by atoms with Crippen LogP contribution in [0.25, 0.3) is 5.57 Å². The molecule has 1 saturated heterocycles. The summed E-state index contributed by atoms with van der Waals surface area (Å²) in [5.74, 6) is 1.57. The normalized spacial score (nSPS) is 29.0. The molecule has 1 aromatic rings. The summed E-state index contributed by atoms with van der Waals surface area (Å²) in [6, 6.07) is 6.29. The number of fused-ring (bicyclic) bond motifs is 1. The summed E-state index contributed by atoms with van der Waals surface area (Å²) >= 11 is 0. The van der Waals surface area contributed by atoms with E-state index in [0.717, 1.165) is 24.1 Å². The van der Waals surface area contributed by atoms with Crippen molar-refractivity contribution in [1.29, 1.82) is 0 Å². The highest BCUT2D eigenvalue weighted by atomic mass is 14.9. The number of nitrogens with zero attached hydrogens (tertiary/aromatic N) is 1. The largest absolute Gasteiger partial charge is 0.316 e. The Bertz CT molecular complexity index is 409. The predicted molar refractivity (Wildman–Crippen MR) is 61.4 cm³/mol. The van der Waals surface area contributed by atoms with Gasteiger partial charge in [-0.3, -0.25) is 4.98 Å². The van der Waals surface area contributed by atoms with E-state index in [2.05, 4.69) is 41.5 Å². The minimum absolute atomic E-state index is 0.752. The molecule has 1 aliphatic heterocycles. The zero-order valence-corrected chi connectivity index (χ0v) is 9.03. The summed E-state index contributed by atoms with van der Waals surface area (Å²) in [5, 5.41) is 3.44. The molecule has 1 N–H and O–H groups in total. The van der Waals surface area contributed by atoms with Crippen molar-refractivity contribution < 1.29 is 0 Å². The third-order valence-electron chi connectivity index (χ3n) is 3.51. The van der Waals surface area contributed by atoms with Gasteiger partial charge in [0.25, 0.3) is 0 Å². The van der Waals surface area contributed by atoms with E-state index in [4.69, 9.17) is 0 Å². The average molecular weight is 200 g/mol. The highest BCUT2D eigenvalue weighted by molar-refractivity contribution is 5.65. The first-order valence-corrected chi connectivity index (χ1v) is 5.68. The first-order chi connectivity index (χ1) is 7.33. The van der Waals surface area contributed by atoms with Gasteiger partial charge in [0.15, 0.2) is 0 Å². The van der Waals surface area contributed by atoms with Crippen molar-refractivity contribution in [3.05, 3.63) is 35.7 Å². The third-order valence-corrected chi connectivity index (χ3v) is 3.51. The van der Waals surface area contributed by atoms with Crippen LogP contribution in [-0.2, 0) is 0 Å². The maximum Gasteiger partial charge on any atom is 0.0661 e. The molecule has 0 saturated carbocycles. The van der Waals surface area contributed by atoms with Crippen LogP contribution in [0.4, 0.5) is 0 Å². The molecule has 0 unspecified atom stereocenters. The van der Waals surface area contributed by atoms with Gasteiger partial charge in [-0.1, -0.05) is 12.1 Å².